The van der Waals surface area contributed by atoms with Gasteiger partial charge in [0.2, 0.25) is 0 Å². The Kier molecular flexibility index (Phi) is 4.40. The Morgan fingerprint density at radius 1 is 1.32 bits per heavy atom. The summed E-state index contributed by atoms with van der Waals surface area (Å²) in [6, 6.07) is 0. The largest absolute Gasteiger partial charge is 0.472 e. The van der Waals surface area contributed by atoms with E-state index >= 15 is 0 Å². The molecule has 0 radical (unpaired) electrons. The number of aliphatic hydroxyl groups excluding tert-OH is 2. The summed E-state index contributed by atoms with van der Waals surface area (Å²) < 4.78 is 46.2. The lowest BCUT2D eigenvalue weighted by Gasteiger charge is -2.21. The molecule has 0 aliphatic carbocycles. The van der Waals surface area contributed by atoms with Gasteiger partial charge in [-0.2, -0.15) is 0 Å². The van der Waals surface area contributed by atoms with Crippen molar-refractivity contribution in [1.29, 1.82) is 0 Å². The maximum Gasteiger partial charge on any atom is 0.472 e. The molecule has 0 spiro atoms. The van der Waals surface area contributed by atoms with E-state index in [9.17, 15) is 14.6 Å². The smallest absolute Gasteiger partial charge is 0.394 e. The monoisotopic (exact) mass is 302 g/mol. The first-order valence-corrected chi connectivity index (χ1v) is 7.40. The van der Waals surface area contributed by atoms with E-state index in [4.69, 9.17) is 26.4 Å². The molecule has 19 heavy (non-hydrogen) atoms. The normalized spacial score (nSPS) is 47.7. The number of ether oxygens (including phenoxy) is 2. The molecule has 0 aromatic rings. The predicted molar refractivity (Wildman–Crippen MR) is 62.5 cm³/mol. The van der Waals surface area contributed by atoms with E-state index in [-0.39, 0.29) is 12.8 Å². The van der Waals surface area contributed by atoms with Crippen LogP contribution in [0.1, 0.15) is 15.6 Å². The van der Waals surface area contributed by atoms with Gasteiger partial charge in [-0.05, 0) is 6.42 Å². The van der Waals surface area contributed by atoms with Crippen LogP contribution < -0.4 is 0 Å². The number of rotatable bonds is 6. The summed E-state index contributed by atoms with van der Waals surface area (Å²) in [5.74, 6) is 0. The molecule has 3 N–H and O–H groups in total. The van der Waals surface area contributed by atoms with Crippen molar-refractivity contribution in [3.05, 3.63) is 0 Å². The zero-order valence-corrected chi connectivity index (χ0v) is 11.0. The summed E-state index contributed by atoms with van der Waals surface area (Å²) in [6.45, 7) is -2.66. The van der Waals surface area contributed by atoms with Crippen LogP contribution in [-0.4, -0.2) is 65.9 Å². The molecular weight excluding hydrogens is 279 g/mol. The number of phosphoric ester groups is 1. The van der Waals surface area contributed by atoms with Gasteiger partial charge in [0.15, 0.2) is 0 Å². The van der Waals surface area contributed by atoms with Crippen LogP contribution in [0.2, 0.25) is 0 Å². The van der Waals surface area contributed by atoms with Crippen LogP contribution in [0.5, 0.6) is 0 Å². The highest BCUT2D eigenvalue weighted by molar-refractivity contribution is 7.47. The van der Waals surface area contributed by atoms with Crippen LogP contribution in [0.25, 0.3) is 0 Å². The summed E-state index contributed by atoms with van der Waals surface area (Å²) in [5.41, 5.74) is 0. The number of aliphatic hydroxyl groups is 2. The Morgan fingerprint density at radius 2 is 2.00 bits per heavy atom. The molecule has 2 fully saturated rings. The average Bonchev–Trinajstić information content (AvgIpc) is 2.88. The molecule has 0 saturated carbocycles. The van der Waals surface area contributed by atoms with Gasteiger partial charge in [-0.15, -0.1) is 0 Å². The molecule has 2 aliphatic heterocycles. The molecule has 2 rings (SSSR count). The minimum absolute atomic E-state index is 0.0382. The van der Waals surface area contributed by atoms with E-state index < -0.39 is 58.6 Å². The SMILES string of the molecule is [3H][C@H]1C[C@@H](O)[C@@H](COP(=O)(O)O[C@@H]2C[C@H]([3H])O[C@@H]2CO)O1. The van der Waals surface area contributed by atoms with Crippen molar-refractivity contribution >= 4 is 7.82 Å². The second kappa shape index (κ2) is 6.60. The van der Waals surface area contributed by atoms with Crippen LogP contribution in [0.3, 0.4) is 0 Å². The highest BCUT2D eigenvalue weighted by Crippen LogP contribution is 2.47. The lowest BCUT2D eigenvalue weighted by Crippen LogP contribution is -2.29. The molecule has 8 nitrogen and oxygen atoms in total. The van der Waals surface area contributed by atoms with Crippen molar-refractivity contribution < 1.29 is 40.9 Å². The van der Waals surface area contributed by atoms with Gasteiger partial charge in [-0.1, -0.05) is 0 Å². The van der Waals surface area contributed by atoms with E-state index in [1.165, 1.54) is 0 Å². The van der Waals surface area contributed by atoms with E-state index in [1.807, 2.05) is 0 Å². The van der Waals surface area contributed by atoms with Gasteiger partial charge in [-0.3, -0.25) is 9.05 Å². The van der Waals surface area contributed by atoms with Crippen molar-refractivity contribution in [2.24, 2.45) is 0 Å². The standard InChI is InChI=1S/C10H19O8P/c11-5-9-8(2-4-15-9)18-19(13,14)17-6-10-7(12)1-3-16-10/h7-12H,1-6H2,(H,13,14)/t7-,8-,9-,10-/m1/s1/i3T,4T/t3-,4-,7+,8+,9+,10+/m0. The maximum atomic E-state index is 11.8. The van der Waals surface area contributed by atoms with Crippen molar-refractivity contribution in [1.82, 2.24) is 0 Å². The molecular formula is C10H19O8P. The predicted octanol–water partition coefficient (Wildman–Crippen LogP) is -0.580. The highest BCUT2D eigenvalue weighted by atomic mass is 31.2. The van der Waals surface area contributed by atoms with Gasteiger partial charge < -0.3 is 24.6 Å². The minimum atomic E-state index is -4.44. The zero-order valence-electron chi connectivity index (χ0n) is 12.1. The molecule has 1 unspecified atom stereocenters. The second-order valence-corrected chi connectivity index (χ2v) is 5.72. The van der Waals surface area contributed by atoms with E-state index in [1.54, 1.807) is 0 Å². The van der Waals surface area contributed by atoms with Crippen molar-refractivity contribution in [3.8, 4) is 0 Å². The number of hydrogen-bond donors (Lipinski definition) is 3. The molecule has 0 aromatic heterocycles. The Morgan fingerprint density at radius 3 is 2.63 bits per heavy atom. The quantitative estimate of drug-likeness (QED) is 0.558. The molecule has 2 saturated heterocycles. The van der Waals surface area contributed by atoms with Gasteiger partial charge in [0, 0.05) is 19.6 Å². The molecule has 2 heterocycles. The molecule has 112 valence electrons. The zero-order chi connectivity index (χ0) is 15.6. The van der Waals surface area contributed by atoms with Gasteiger partial charge in [-0.25, -0.2) is 4.57 Å². The summed E-state index contributed by atoms with van der Waals surface area (Å²) >= 11 is 0. The van der Waals surface area contributed by atoms with Crippen LogP contribution >= 0.6 is 7.82 Å². The van der Waals surface area contributed by atoms with Gasteiger partial charge >= 0.3 is 7.82 Å². The minimum Gasteiger partial charge on any atom is -0.394 e. The summed E-state index contributed by atoms with van der Waals surface area (Å²) in [4.78, 5) is 9.62. The van der Waals surface area contributed by atoms with Crippen molar-refractivity contribution in [2.75, 3.05) is 26.4 Å². The highest BCUT2D eigenvalue weighted by Gasteiger charge is 2.37. The Labute approximate surface area is 113 Å². The topological polar surface area (TPSA) is 115 Å². The summed E-state index contributed by atoms with van der Waals surface area (Å²) in [6.07, 6.45) is -3.45. The van der Waals surface area contributed by atoms with E-state index in [2.05, 4.69) is 0 Å². The second-order valence-electron chi connectivity index (χ2n) is 4.31. The fraction of sp³-hybridized carbons (Fsp3) is 1.00. The fourth-order valence-electron chi connectivity index (χ4n) is 1.82. The molecule has 7 atom stereocenters. The van der Waals surface area contributed by atoms with Gasteiger partial charge in [0.1, 0.15) is 18.3 Å². The lowest BCUT2D eigenvalue weighted by atomic mass is 10.2. The number of hydrogen-bond acceptors (Lipinski definition) is 7. The Balaban J connectivity index is 1.83. The van der Waals surface area contributed by atoms with Gasteiger partial charge in [0.25, 0.3) is 0 Å². The first-order valence-electron chi connectivity index (χ1n) is 7.06. The third-order valence-corrected chi connectivity index (χ3v) is 3.92. The Bertz CT molecular complexity index is 399. The molecule has 0 amide bonds. The summed E-state index contributed by atoms with van der Waals surface area (Å²) in [5, 5.41) is 18.6. The molecule has 0 bridgehead atoms. The molecule has 0 aromatic carbocycles. The van der Waals surface area contributed by atoms with E-state index in [0.717, 1.165) is 0 Å². The fourth-order valence-corrected chi connectivity index (χ4v) is 2.78. The van der Waals surface area contributed by atoms with E-state index in [0.29, 0.717) is 0 Å². The first kappa shape index (κ1) is 12.7. The van der Waals surface area contributed by atoms with Crippen LogP contribution in [0, 0.1) is 0 Å². The molecule has 2 aliphatic rings. The van der Waals surface area contributed by atoms with Crippen molar-refractivity contribution in [3.63, 3.8) is 0 Å². The average molecular weight is 302 g/mol. The van der Waals surface area contributed by atoms with Crippen LogP contribution in [0.4, 0.5) is 0 Å². The third-order valence-electron chi connectivity index (χ3n) is 2.90. The van der Waals surface area contributed by atoms with Crippen molar-refractivity contribution in [2.45, 2.75) is 37.3 Å². The van der Waals surface area contributed by atoms with Crippen LogP contribution in [-0.2, 0) is 23.1 Å². The van der Waals surface area contributed by atoms with Crippen LogP contribution in [0.15, 0.2) is 0 Å². The number of phosphoric acid groups is 1. The first-order chi connectivity index (χ1) is 9.80. The lowest BCUT2D eigenvalue weighted by molar-refractivity contribution is -0.0190. The summed E-state index contributed by atoms with van der Waals surface area (Å²) in [7, 11) is -4.44. The third kappa shape index (κ3) is 4.21. The van der Waals surface area contributed by atoms with Gasteiger partial charge in [0.05, 0.1) is 22.1 Å². The Hall–Kier alpha value is -0.0500. The maximum absolute atomic E-state index is 11.8. The molecule has 9 heteroatoms.